The van der Waals surface area contributed by atoms with Crippen LogP contribution in [0.1, 0.15) is 71.9 Å². The lowest BCUT2D eigenvalue weighted by molar-refractivity contribution is -0.132. The summed E-state index contributed by atoms with van der Waals surface area (Å²) in [4.78, 5) is 57.9. The van der Waals surface area contributed by atoms with E-state index in [9.17, 15) is 24.3 Å². The molecule has 0 saturated carbocycles. The van der Waals surface area contributed by atoms with Crippen LogP contribution in [0.15, 0.2) is 59.6 Å². The lowest BCUT2D eigenvalue weighted by Gasteiger charge is -2.28. The minimum Gasteiger partial charge on any atom is -0.497 e. The zero-order chi connectivity index (χ0) is 34.1. The standard InChI is InChI=1S/C34H47N5O7/c1-22(2)21-34(25-13-9-8-10-14-25)29(41)39(30(38-34)37-32(44)46-33(4,5)6)19-11-12-23(3)35-28(40)27(36-31(42)43)20-24-15-17-26(45-7)18-16-24/h8-10,13-18,22-23,27,36H,11-12,19-21H2,1-7H3,(H,35,40)(H,42,43)(H,37,38,44)/t23?,27?,34-/m1/s1. The third-order valence-electron chi connectivity index (χ3n) is 7.34. The minimum atomic E-state index is -1.30. The van der Waals surface area contributed by atoms with Crippen molar-refractivity contribution >= 4 is 30.0 Å². The van der Waals surface area contributed by atoms with Gasteiger partial charge in [-0.3, -0.25) is 19.8 Å². The van der Waals surface area contributed by atoms with Crippen molar-refractivity contribution in [2.45, 2.75) is 90.4 Å². The van der Waals surface area contributed by atoms with Crippen LogP contribution in [-0.2, 0) is 26.3 Å². The van der Waals surface area contributed by atoms with E-state index in [0.29, 0.717) is 25.0 Å². The van der Waals surface area contributed by atoms with E-state index in [4.69, 9.17) is 14.5 Å². The van der Waals surface area contributed by atoms with Gasteiger partial charge in [0.2, 0.25) is 11.9 Å². The molecule has 1 heterocycles. The number of ether oxygens (including phenoxy) is 2. The van der Waals surface area contributed by atoms with Crippen LogP contribution >= 0.6 is 0 Å². The van der Waals surface area contributed by atoms with Crippen LogP contribution in [0.25, 0.3) is 0 Å². The lowest BCUT2D eigenvalue weighted by atomic mass is 9.82. The fourth-order valence-electron chi connectivity index (χ4n) is 5.38. The Hall–Kier alpha value is -4.61. The van der Waals surface area contributed by atoms with E-state index < -0.39 is 35.3 Å². The van der Waals surface area contributed by atoms with Crippen molar-refractivity contribution in [3.8, 4) is 5.75 Å². The average molecular weight is 638 g/mol. The van der Waals surface area contributed by atoms with E-state index in [-0.39, 0.29) is 36.8 Å². The molecule has 0 bridgehead atoms. The molecule has 250 valence electrons. The van der Waals surface area contributed by atoms with Gasteiger partial charge in [0.1, 0.15) is 17.4 Å². The van der Waals surface area contributed by atoms with Crippen molar-refractivity contribution in [1.29, 1.82) is 0 Å². The Morgan fingerprint density at radius 3 is 2.22 bits per heavy atom. The Kier molecular flexibility index (Phi) is 12.2. The first-order chi connectivity index (χ1) is 21.6. The number of carbonyl (C=O) groups excluding carboxylic acids is 3. The van der Waals surface area contributed by atoms with Gasteiger partial charge in [0, 0.05) is 19.0 Å². The van der Waals surface area contributed by atoms with E-state index in [2.05, 4.69) is 16.0 Å². The largest absolute Gasteiger partial charge is 0.497 e. The number of guanidine groups is 1. The molecule has 0 radical (unpaired) electrons. The predicted molar refractivity (Wildman–Crippen MR) is 175 cm³/mol. The van der Waals surface area contributed by atoms with Gasteiger partial charge in [-0.25, -0.2) is 14.6 Å². The van der Waals surface area contributed by atoms with Crippen molar-refractivity contribution in [3.05, 3.63) is 65.7 Å². The Labute approximate surface area is 270 Å². The van der Waals surface area contributed by atoms with Crippen LogP contribution in [0.5, 0.6) is 5.75 Å². The molecule has 4 N–H and O–H groups in total. The molecular formula is C34H47N5O7. The number of nitrogens with zero attached hydrogens (tertiary/aromatic N) is 2. The molecular weight excluding hydrogens is 590 g/mol. The van der Waals surface area contributed by atoms with Gasteiger partial charge < -0.3 is 25.2 Å². The summed E-state index contributed by atoms with van der Waals surface area (Å²) in [7, 11) is 1.55. The third-order valence-corrected chi connectivity index (χ3v) is 7.34. The Morgan fingerprint density at radius 2 is 1.65 bits per heavy atom. The highest BCUT2D eigenvalue weighted by atomic mass is 16.6. The van der Waals surface area contributed by atoms with Gasteiger partial charge in [0.05, 0.1) is 7.11 Å². The molecule has 2 unspecified atom stereocenters. The molecule has 4 amide bonds. The third kappa shape index (κ3) is 9.95. The summed E-state index contributed by atoms with van der Waals surface area (Å²) < 4.78 is 10.6. The van der Waals surface area contributed by atoms with E-state index in [1.54, 1.807) is 52.1 Å². The summed E-state index contributed by atoms with van der Waals surface area (Å²) in [6, 6.07) is 15.0. The molecule has 12 nitrogen and oxygen atoms in total. The first-order valence-electron chi connectivity index (χ1n) is 15.5. The molecule has 2 aromatic rings. The molecule has 2 aromatic carbocycles. The molecule has 1 aliphatic rings. The van der Waals surface area contributed by atoms with E-state index >= 15 is 0 Å². The first-order valence-corrected chi connectivity index (χ1v) is 15.5. The van der Waals surface area contributed by atoms with Crippen molar-refractivity contribution < 1.29 is 33.8 Å². The number of carbonyl (C=O) groups is 4. The van der Waals surface area contributed by atoms with Crippen LogP contribution in [0.2, 0.25) is 0 Å². The summed E-state index contributed by atoms with van der Waals surface area (Å²) in [5, 5.41) is 17.2. The summed E-state index contributed by atoms with van der Waals surface area (Å²) in [6.45, 7) is 11.3. The van der Waals surface area contributed by atoms with Gasteiger partial charge in [-0.05, 0) is 76.1 Å². The summed E-state index contributed by atoms with van der Waals surface area (Å²) in [5.41, 5.74) is -0.464. The van der Waals surface area contributed by atoms with Crippen LogP contribution < -0.4 is 20.7 Å². The topological polar surface area (TPSA) is 159 Å². The monoisotopic (exact) mass is 637 g/mol. The normalized spacial score (nSPS) is 17.6. The first kappa shape index (κ1) is 35.9. The maximum Gasteiger partial charge on any atom is 0.414 e. The molecule has 0 fully saturated rings. The quantitative estimate of drug-likeness (QED) is 0.245. The second kappa shape index (κ2) is 15.6. The molecule has 0 aromatic heterocycles. The van der Waals surface area contributed by atoms with Gasteiger partial charge in [-0.15, -0.1) is 0 Å². The van der Waals surface area contributed by atoms with E-state index in [0.717, 1.165) is 11.1 Å². The number of hydrogen-bond donors (Lipinski definition) is 4. The summed E-state index contributed by atoms with van der Waals surface area (Å²) in [6.07, 6.45) is -0.493. The molecule has 3 atom stereocenters. The van der Waals surface area contributed by atoms with Crippen LogP contribution in [0.3, 0.4) is 0 Å². The van der Waals surface area contributed by atoms with Gasteiger partial charge in [0.25, 0.3) is 5.91 Å². The highest BCUT2D eigenvalue weighted by Gasteiger charge is 2.50. The number of aliphatic imine (C=N–C) groups is 1. The molecule has 1 aliphatic heterocycles. The second-order valence-corrected chi connectivity index (χ2v) is 12.9. The number of amides is 4. The number of alkyl carbamates (subject to hydrolysis) is 1. The highest BCUT2D eigenvalue weighted by molar-refractivity contribution is 6.11. The van der Waals surface area contributed by atoms with E-state index in [1.165, 1.54) is 4.90 Å². The second-order valence-electron chi connectivity index (χ2n) is 12.9. The Bertz CT molecular complexity index is 1390. The molecule has 0 aliphatic carbocycles. The molecule has 46 heavy (non-hydrogen) atoms. The van der Waals surface area contributed by atoms with Gasteiger partial charge in [0.15, 0.2) is 5.54 Å². The maximum atomic E-state index is 14.2. The number of hydrogen-bond acceptors (Lipinski definition) is 7. The number of methoxy groups -OCH3 is 1. The zero-order valence-corrected chi connectivity index (χ0v) is 27.8. The predicted octanol–water partition coefficient (Wildman–Crippen LogP) is 4.82. The van der Waals surface area contributed by atoms with Crippen molar-refractivity contribution in [1.82, 2.24) is 20.9 Å². The van der Waals surface area contributed by atoms with Gasteiger partial charge in [-0.2, -0.15) is 0 Å². The molecule has 0 saturated heterocycles. The van der Waals surface area contributed by atoms with Gasteiger partial charge in [-0.1, -0.05) is 56.3 Å². The van der Waals surface area contributed by atoms with Crippen molar-refractivity contribution in [3.63, 3.8) is 0 Å². The lowest BCUT2D eigenvalue weighted by Crippen LogP contribution is -2.50. The number of carboxylic acid groups (broad SMARTS) is 1. The fourth-order valence-corrected chi connectivity index (χ4v) is 5.38. The van der Waals surface area contributed by atoms with Crippen LogP contribution in [0, 0.1) is 5.92 Å². The van der Waals surface area contributed by atoms with Crippen molar-refractivity contribution in [2.75, 3.05) is 13.7 Å². The number of nitrogens with one attached hydrogen (secondary N) is 3. The Morgan fingerprint density at radius 1 is 1.00 bits per heavy atom. The zero-order valence-electron chi connectivity index (χ0n) is 27.8. The fraction of sp³-hybridized carbons (Fsp3) is 0.500. The van der Waals surface area contributed by atoms with Crippen LogP contribution in [0.4, 0.5) is 9.59 Å². The molecule has 12 heteroatoms. The molecule has 3 rings (SSSR count). The number of benzene rings is 2. The SMILES string of the molecule is COc1ccc(CC(NC(=O)O)C(=O)NC(C)CCCN2C(=O)[C@@](CC(C)C)(c3ccccc3)N=C2NC(=O)OC(C)(C)C)cc1. The van der Waals surface area contributed by atoms with E-state index in [1.807, 2.05) is 51.1 Å². The Balaban J connectivity index is 1.73. The van der Waals surface area contributed by atoms with Crippen LogP contribution in [-0.4, -0.2) is 71.3 Å². The maximum absolute atomic E-state index is 14.2. The number of rotatable bonds is 13. The van der Waals surface area contributed by atoms with Gasteiger partial charge >= 0.3 is 12.2 Å². The minimum absolute atomic E-state index is 0.116. The molecule has 0 spiro atoms. The average Bonchev–Trinajstić information content (AvgIpc) is 3.22. The summed E-state index contributed by atoms with van der Waals surface area (Å²) in [5.74, 6) is 0.180. The smallest absolute Gasteiger partial charge is 0.414 e. The highest BCUT2D eigenvalue weighted by Crippen LogP contribution is 2.39. The van der Waals surface area contributed by atoms with Crippen molar-refractivity contribution in [2.24, 2.45) is 10.9 Å². The summed E-state index contributed by atoms with van der Waals surface area (Å²) >= 11 is 0.